The van der Waals surface area contributed by atoms with Crippen molar-refractivity contribution in [3.05, 3.63) is 10.6 Å². The average Bonchev–Trinajstić information content (AvgIpc) is 2.30. The zero-order valence-electron chi connectivity index (χ0n) is 5.79. The van der Waals surface area contributed by atoms with Gasteiger partial charge >= 0.3 is 0 Å². The molecule has 0 unspecified atom stereocenters. The molecule has 1 aromatic heterocycles. The van der Waals surface area contributed by atoms with Crippen molar-refractivity contribution in [3.8, 4) is 0 Å². The molecule has 0 saturated heterocycles. The molecule has 10 heavy (non-hydrogen) atoms. The maximum Gasteiger partial charge on any atom is 0.195 e. The summed E-state index contributed by atoms with van der Waals surface area (Å²) in [6, 6.07) is 0. The highest BCUT2D eigenvalue weighted by atomic mass is 32.1. The summed E-state index contributed by atoms with van der Waals surface area (Å²) in [5.74, 6) is 0.813. The smallest absolute Gasteiger partial charge is 0.195 e. The van der Waals surface area contributed by atoms with Crippen LogP contribution >= 0.6 is 12.2 Å². The van der Waals surface area contributed by atoms with Crippen molar-refractivity contribution in [2.75, 3.05) is 0 Å². The summed E-state index contributed by atoms with van der Waals surface area (Å²) in [6.07, 6.45) is 0. The second-order valence-electron chi connectivity index (χ2n) is 1.89. The van der Waals surface area contributed by atoms with E-state index in [4.69, 9.17) is 18.0 Å². The first-order valence-electron chi connectivity index (χ1n) is 3.13. The van der Waals surface area contributed by atoms with E-state index in [0.29, 0.717) is 11.3 Å². The van der Waals surface area contributed by atoms with Gasteiger partial charge in [-0.1, -0.05) is 0 Å². The SMILES string of the molecule is CCn1c(CN)n[nH]c1=S. The minimum absolute atomic E-state index is 0.432. The molecule has 3 N–H and O–H groups in total. The zero-order valence-corrected chi connectivity index (χ0v) is 6.61. The lowest BCUT2D eigenvalue weighted by molar-refractivity contribution is 0.691. The van der Waals surface area contributed by atoms with Crippen molar-refractivity contribution in [3.63, 3.8) is 0 Å². The molecular formula is C5H10N4S. The minimum atomic E-state index is 0.432. The average molecular weight is 158 g/mol. The van der Waals surface area contributed by atoms with Gasteiger partial charge in [0.05, 0.1) is 6.54 Å². The van der Waals surface area contributed by atoms with Gasteiger partial charge < -0.3 is 10.3 Å². The maximum atomic E-state index is 5.39. The Morgan fingerprint density at radius 3 is 2.90 bits per heavy atom. The standard InChI is InChI=1S/C5H10N4S/c1-2-9-4(3-6)7-8-5(9)10/h2-3,6H2,1H3,(H,8,10). The van der Waals surface area contributed by atoms with Crippen LogP contribution in [0, 0.1) is 4.77 Å². The molecule has 1 rings (SSSR count). The van der Waals surface area contributed by atoms with Gasteiger partial charge in [-0.05, 0) is 19.1 Å². The molecule has 0 aliphatic heterocycles. The van der Waals surface area contributed by atoms with Gasteiger partial charge in [0.25, 0.3) is 0 Å². The van der Waals surface area contributed by atoms with Gasteiger partial charge in [0.15, 0.2) is 4.77 Å². The lowest BCUT2D eigenvalue weighted by Gasteiger charge is -1.97. The number of aromatic amines is 1. The van der Waals surface area contributed by atoms with Gasteiger partial charge in [-0.3, -0.25) is 5.10 Å². The van der Waals surface area contributed by atoms with Gasteiger partial charge in [0.1, 0.15) is 5.82 Å². The molecule has 0 spiro atoms. The van der Waals surface area contributed by atoms with E-state index in [1.165, 1.54) is 0 Å². The van der Waals surface area contributed by atoms with E-state index >= 15 is 0 Å². The van der Waals surface area contributed by atoms with Crippen molar-refractivity contribution in [1.82, 2.24) is 14.8 Å². The molecule has 0 aliphatic rings. The molecule has 5 heteroatoms. The van der Waals surface area contributed by atoms with Gasteiger partial charge in [0.2, 0.25) is 0 Å². The van der Waals surface area contributed by atoms with Gasteiger partial charge in [-0.25, -0.2) is 0 Å². The first kappa shape index (κ1) is 7.43. The van der Waals surface area contributed by atoms with Crippen LogP contribution in [0.4, 0.5) is 0 Å². The predicted molar refractivity (Wildman–Crippen MR) is 41.0 cm³/mol. The number of nitrogens with one attached hydrogen (secondary N) is 1. The number of hydrogen-bond acceptors (Lipinski definition) is 3. The van der Waals surface area contributed by atoms with Crippen LogP contribution in [-0.2, 0) is 13.1 Å². The summed E-state index contributed by atoms with van der Waals surface area (Å²) in [5, 5.41) is 6.60. The van der Waals surface area contributed by atoms with E-state index in [1.54, 1.807) is 0 Å². The third kappa shape index (κ3) is 1.10. The van der Waals surface area contributed by atoms with Crippen LogP contribution in [0.2, 0.25) is 0 Å². The number of H-pyrrole nitrogens is 1. The number of rotatable bonds is 2. The highest BCUT2D eigenvalue weighted by molar-refractivity contribution is 7.71. The molecule has 0 atom stereocenters. The second-order valence-corrected chi connectivity index (χ2v) is 2.28. The van der Waals surface area contributed by atoms with E-state index in [0.717, 1.165) is 12.4 Å². The number of nitrogens with two attached hydrogens (primary N) is 1. The van der Waals surface area contributed by atoms with Crippen LogP contribution in [0.3, 0.4) is 0 Å². The third-order valence-electron chi connectivity index (χ3n) is 1.34. The van der Waals surface area contributed by atoms with Gasteiger partial charge in [0, 0.05) is 6.54 Å². The van der Waals surface area contributed by atoms with Crippen LogP contribution in [0.5, 0.6) is 0 Å². The Bertz CT molecular complexity index is 261. The highest BCUT2D eigenvalue weighted by Gasteiger charge is 1.99. The Morgan fingerprint density at radius 2 is 2.50 bits per heavy atom. The zero-order chi connectivity index (χ0) is 7.56. The Balaban J connectivity index is 3.13. The Labute approximate surface area is 64.1 Å². The summed E-state index contributed by atoms with van der Waals surface area (Å²) >= 11 is 4.93. The maximum absolute atomic E-state index is 5.39. The van der Waals surface area contributed by atoms with Crippen LogP contribution < -0.4 is 5.73 Å². The molecule has 1 heterocycles. The number of nitrogens with zero attached hydrogens (tertiary/aromatic N) is 2. The van der Waals surface area contributed by atoms with Crippen LogP contribution in [-0.4, -0.2) is 14.8 Å². The van der Waals surface area contributed by atoms with Crippen molar-refractivity contribution in [1.29, 1.82) is 0 Å². The fraction of sp³-hybridized carbons (Fsp3) is 0.600. The number of aromatic nitrogens is 3. The lowest BCUT2D eigenvalue weighted by Crippen LogP contribution is -2.06. The molecule has 1 aromatic rings. The Kier molecular flexibility index (Phi) is 2.18. The monoisotopic (exact) mass is 158 g/mol. The molecule has 0 amide bonds. The largest absolute Gasteiger partial charge is 0.324 e. The van der Waals surface area contributed by atoms with Crippen molar-refractivity contribution in [2.24, 2.45) is 5.73 Å². The minimum Gasteiger partial charge on any atom is -0.324 e. The van der Waals surface area contributed by atoms with Gasteiger partial charge in [-0.15, -0.1) is 0 Å². The quantitative estimate of drug-likeness (QED) is 0.613. The molecule has 4 nitrogen and oxygen atoms in total. The molecule has 0 fully saturated rings. The van der Waals surface area contributed by atoms with Crippen molar-refractivity contribution < 1.29 is 0 Å². The summed E-state index contributed by atoms with van der Waals surface area (Å²) in [6.45, 7) is 3.26. The molecule has 0 bridgehead atoms. The van der Waals surface area contributed by atoms with Crippen molar-refractivity contribution in [2.45, 2.75) is 20.0 Å². The molecule has 56 valence electrons. The third-order valence-corrected chi connectivity index (χ3v) is 1.65. The van der Waals surface area contributed by atoms with E-state index in [9.17, 15) is 0 Å². The highest BCUT2D eigenvalue weighted by Crippen LogP contribution is 1.94. The van der Waals surface area contributed by atoms with E-state index < -0.39 is 0 Å². The molecule has 0 aromatic carbocycles. The van der Waals surface area contributed by atoms with Crippen LogP contribution in [0.25, 0.3) is 0 Å². The molecule has 0 aliphatic carbocycles. The molecule has 0 saturated carbocycles. The van der Waals surface area contributed by atoms with Crippen LogP contribution in [0.15, 0.2) is 0 Å². The summed E-state index contributed by atoms with van der Waals surface area (Å²) in [5.41, 5.74) is 5.39. The summed E-state index contributed by atoms with van der Waals surface area (Å²) in [4.78, 5) is 0. The normalized spacial score (nSPS) is 10.2. The Hall–Kier alpha value is -0.680. The van der Waals surface area contributed by atoms with Crippen molar-refractivity contribution >= 4 is 12.2 Å². The lowest BCUT2D eigenvalue weighted by atomic mass is 10.6. The van der Waals surface area contributed by atoms with Gasteiger partial charge in [-0.2, -0.15) is 5.10 Å². The topological polar surface area (TPSA) is 59.6 Å². The molecular weight excluding hydrogens is 148 g/mol. The second kappa shape index (κ2) is 2.94. The summed E-state index contributed by atoms with van der Waals surface area (Å²) in [7, 11) is 0. The molecule has 0 radical (unpaired) electrons. The van der Waals surface area contributed by atoms with E-state index in [2.05, 4.69) is 10.2 Å². The summed E-state index contributed by atoms with van der Waals surface area (Å²) < 4.78 is 2.51. The van der Waals surface area contributed by atoms with E-state index in [1.807, 2.05) is 11.5 Å². The fourth-order valence-corrected chi connectivity index (χ4v) is 1.11. The predicted octanol–water partition coefficient (Wildman–Crippen LogP) is 0.419. The van der Waals surface area contributed by atoms with E-state index in [-0.39, 0.29) is 0 Å². The fourth-order valence-electron chi connectivity index (χ4n) is 0.832. The Morgan fingerprint density at radius 1 is 1.80 bits per heavy atom. The first-order chi connectivity index (χ1) is 4.79. The number of hydrogen-bond donors (Lipinski definition) is 2. The van der Waals surface area contributed by atoms with Crippen LogP contribution in [0.1, 0.15) is 12.7 Å². The first-order valence-corrected chi connectivity index (χ1v) is 3.54.